The normalized spacial score (nSPS) is 10.4. The molecule has 0 aromatic heterocycles. The third kappa shape index (κ3) is 1.63. The Balaban J connectivity index is 2.77. The zero-order valence-electron chi connectivity index (χ0n) is 9.49. The van der Waals surface area contributed by atoms with E-state index in [0.717, 1.165) is 22.3 Å². The van der Waals surface area contributed by atoms with Crippen LogP contribution in [0, 0.1) is 13.8 Å². The number of rotatable bonds is 1. The van der Waals surface area contributed by atoms with Gasteiger partial charge in [0, 0.05) is 11.3 Å². The molecular formula is C14H15NO. The Morgan fingerprint density at radius 2 is 1.44 bits per heavy atom. The lowest BCUT2D eigenvalue weighted by molar-refractivity contribution is 0.477. The van der Waals surface area contributed by atoms with Crippen molar-refractivity contribution in [2.24, 2.45) is 0 Å². The van der Waals surface area contributed by atoms with Gasteiger partial charge in [-0.05, 0) is 42.7 Å². The summed E-state index contributed by atoms with van der Waals surface area (Å²) in [6, 6.07) is 11.3. The lowest BCUT2D eigenvalue weighted by Crippen LogP contribution is -1.94. The van der Waals surface area contributed by atoms with Crippen molar-refractivity contribution in [2.45, 2.75) is 13.8 Å². The number of aromatic hydroxyl groups is 1. The van der Waals surface area contributed by atoms with E-state index in [4.69, 9.17) is 5.73 Å². The maximum absolute atomic E-state index is 9.91. The standard InChI is InChI=1S/C14H15NO/c1-9-5-3-6-10(2)13(9)14-11(15)7-4-8-12(14)16/h3-8,16H,15H2,1-2H3. The molecule has 82 valence electrons. The van der Waals surface area contributed by atoms with Crippen molar-refractivity contribution in [3.05, 3.63) is 47.5 Å². The topological polar surface area (TPSA) is 46.2 Å². The Morgan fingerprint density at radius 3 is 2.00 bits per heavy atom. The van der Waals surface area contributed by atoms with Gasteiger partial charge in [-0.25, -0.2) is 0 Å². The molecule has 2 nitrogen and oxygen atoms in total. The molecule has 2 heteroatoms. The maximum Gasteiger partial charge on any atom is 0.125 e. The van der Waals surface area contributed by atoms with E-state index in [0.29, 0.717) is 5.69 Å². The number of benzene rings is 2. The Hall–Kier alpha value is -1.96. The highest BCUT2D eigenvalue weighted by atomic mass is 16.3. The van der Waals surface area contributed by atoms with Crippen molar-refractivity contribution >= 4 is 5.69 Å². The minimum Gasteiger partial charge on any atom is -0.507 e. The van der Waals surface area contributed by atoms with Crippen LogP contribution >= 0.6 is 0 Å². The van der Waals surface area contributed by atoms with E-state index in [1.807, 2.05) is 32.0 Å². The van der Waals surface area contributed by atoms with Crippen molar-refractivity contribution in [1.29, 1.82) is 0 Å². The number of phenols is 1. The molecule has 0 amide bonds. The fourth-order valence-electron chi connectivity index (χ4n) is 2.04. The summed E-state index contributed by atoms with van der Waals surface area (Å²) >= 11 is 0. The largest absolute Gasteiger partial charge is 0.507 e. The van der Waals surface area contributed by atoms with Crippen LogP contribution in [0.2, 0.25) is 0 Å². The number of hydrogen-bond donors (Lipinski definition) is 2. The number of anilines is 1. The second-order valence-corrected chi connectivity index (χ2v) is 4.01. The van der Waals surface area contributed by atoms with E-state index in [1.54, 1.807) is 18.2 Å². The molecule has 0 aliphatic heterocycles. The smallest absolute Gasteiger partial charge is 0.125 e. The molecule has 0 bridgehead atoms. The molecule has 0 atom stereocenters. The molecular weight excluding hydrogens is 198 g/mol. The Bertz CT molecular complexity index is 442. The fraction of sp³-hybridized carbons (Fsp3) is 0.143. The minimum absolute atomic E-state index is 0.234. The quantitative estimate of drug-likeness (QED) is 0.714. The number of nitrogens with two attached hydrogens (primary N) is 1. The van der Waals surface area contributed by atoms with E-state index >= 15 is 0 Å². The predicted octanol–water partition coefficient (Wildman–Crippen LogP) is 3.26. The molecule has 16 heavy (non-hydrogen) atoms. The average Bonchev–Trinajstić information content (AvgIpc) is 2.21. The van der Waals surface area contributed by atoms with Crippen molar-refractivity contribution < 1.29 is 5.11 Å². The van der Waals surface area contributed by atoms with E-state index < -0.39 is 0 Å². The summed E-state index contributed by atoms with van der Waals surface area (Å²) in [5.74, 6) is 0.234. The van der Waals surface area contributed by atoms with Gasteiger partial charge in [0.15, 0.2) is 0 Å². The van der Waals surface area contributed by atoms with Gasteiger partial charge in [0.2, 0.25) is 0 Å². The van der Waals surface area contributed by atoms with Crippen LogP contribution in [0.4, 0.5) is 5.69 Å². The van der Waals surface area contributed by atoms with Gasteiger partial charge in [0.25, 0.3) is 0 Å². The summed E-state index contributed by atoms with van der Waals surface area (Å²) < 4.78 is 0. The number of hydrogen-bond acceptors (Lipinski definition) is 2. The first-order valence-corrected chi connectivity index (χ1v) is 5.25. The van der Waals surface area contributed by atoms with E-state index in [9.17, 15) is 5.11 Å². The predicted molar refractivity (Wildman–Crippen MR) is 67.4 cm³/mol. The second kappa shape index (κ2) is 3.89. The van der Waals surface area contributed by atoms with E-state index in [-0.39, 0.29) is 5.75 Å². The molecule has 0 spiro atoms. The van der Waals surface area contributed by atoms with Crippen LogP contribution in [0.5, 0.6) is 5.75 Å². The molecule has 0 radical (unpaired) electrons. The highest BCUT2D eigenvalue weighted by Gasteiger charge is 2.12. The van der Waals surface area contributed by atoms with Crippen LogP contribution in [0.25, 0.3) is 11.1 Å². The molecule has 3 N–H and O–H groups in total. The first-order chi connectivity index (χ1) is 7.61. The third-order valence-electron chi connectivity index (χ3n) is 2.81. The zero-order chi connectivity index (χ0) is 11.7. The van der Waals surface area contributed by atoms with Crippen LogP contribution in [0.15, 0.2) is 36.4 Å². The lowest BCUT2D eigenvalue weighted by atomic mass is 9.94. The molecule has 2 aromatic rings. The Kier molecular flexibility index (Phi) is 2.57. The first-order valence-electron chi connectivity index (χ1n) is 5.25. The van der Waals surface area contributed by atoms with E-state index in [1.165, 1.54) is 0 Å². The van der Waals surface area contributed by atoms with Gasteiger partial charge >= 0.3 is 0 Å². The Labute approximate surface area is 95.4 Å². The average molecular weight is 213 g/mol. The summed E-state index contributed by atoms with van der Waals surface area (Å²) in [5, 5.41) is 9.91. The van der Waals surface area contributed by atoms with Crippen molar-refractivity contribution in [1.82, 2.24) is 0 Å². The van der Waals surface area contributed by atoms with Crippen LogP contribution in [-0.2, 0) is 0 Å². The number of nitrogen functional groups attached to an aromatic ring is 1. The number of phenolic OH excluding ortho intramolecular Hbond substituents is 1. The van der Waals surface area contributed by atoms with Gasteiger partial charge in [-0.2, -0.15) is 0 Å². The summed E-state index contributed by atoms with van der Waals surface area (Å²) in [4.78, 5) is 0. The van der Waals surface area contributed by atoms with Crippen LogP contribution in [0.1, 0.15) is 11.1 Å². The fourth-order valence-corrected chi connectivity index (χ4v) is 2.04. The van der Waals surface area contributed by atoms with Crippen molar-refractivity contribution in [3.63, 3.8) is 0 Å². The lowest BCUT2D eigenvalue weighted by Gasteiger charge is -2.13. The second-order valence-electron chi connectivity index (χ2n) is 4.01. The monoisotopic (exact) mass is 213 g/mol. The molecule has 0 fully saturated rings. The van der Waals surface area contributed by atoms with Crippen molar-refractivity contribution in [3.8, 4) is 16.9 Å². The zero-order valence-corrected chi connectivity index (χ0v) is 9.49. The van der Waals surface area contributed by atoms with Gasteiger partial charge in [0.05, 0.1) is 0 Å². The Morgan fingerprint density at radius 1 is 0.875 bits per heavy atom. The summed E-state index contributed by atoms with van der Waals surface area (Å²) in [6.07, 6.45) is 0. The summed E-state index contributed by atoms with van der Waals surface area (Å²) in [6.45, 7) is 4.04. The molecule has 2 rings (SSSR count). The van der Waals surface area contributed by atoms with Gasteiger partial charge in [0.1, 0.15) is 5.75 Å². The van der Waals surface area contributed by atoms with Crippen LogP contribution in [-0.4, -0.2) is 5.11 Å². The van der Waals surface area contributed by atoms with Gasteiger partial charge in [-0.1, -0.05) is 24.3 Å². The van der Waals surface area contributed by atoms with Crippen molar-refractivity contribution in [2.75, 3.05) is 5.73 Å². The van der Waals surface area contributed by atoms with Gasteiger partial charge < -0.3 is 10.8 Å². The first kappa shape index (κ1) is 10.6. The minimum atomic E-state index is 0.234. The molecule has 0 heterocycles. The molecule has 0 aliphatic carbocycles. The highest BCUT2D eigenvalue weighted by Crippen LogP contribution is 2.37. The third-order valence-corrected chi connectivity index (χ3v) is 2.81. The highest BCUT2D eigenvalue weighted by molar-refractivity contribution is 5.85. The SMILES string of the molecule is Cc1cccc(C)c1-c1c(N)cccc1O. The van der Waals surface area contributed by atoms with E-state index in [2.05, 4.69) is 0 Å². The van der Waals surface area contributed by atoms with Gasteiger partial charge in [-0.15, -0.1) is 0 Å². The van der Waals surface area contributed by atoms with Crippen LogP contribution < -0.4 is 5.73 Å². The summed E-state index contributed by atoms with van der Waals surface area (Å²) in [7, 11) is 0. The number of aryl methyl sites for hydroxylation is 2. The molecule has 0 saturated carbocycles. The molecule has 0 saturated heterocycles. The van der Waals surface area contributed by atoms with Gasteiger partial charge in [-0.3, -0.25) is 0 Å². The molecule has 0 aliphatic rings. The molecule has 0 unspecified atom stereocenters. The molecule has 2 aromatic carbocycles. The van der Waals surface area contributed by atoms with Crippen LogP contribution in [0.3, 0.4) is 0 Å². The maximum atomic E-state index is 9.91. The summed E-state index contributed by atoms with van der Waals surface area (Å²) in [5.41, 5.74) is 10.5.